The van der Waals surface area contributed by atoms with E-state index >= 15 is 0 Å². The molecule has 0 saturated carbocycles. The van der Waals surface area contributed by atoms with Gasteiger partial charge in [-0.05, 0) is 75.5 Å². The fourth-order valence-corrected chi connectivity index (χ4v) is 3.45. The largest absolute Gasteiger partial charge is 0.385 e. The summed E-state index contributed by atoms with van der Waals surface area (Å²) in [5, 5.41) is 7.03. The highest BCUT2D eigenvalue weighted by Gasteiger charge is 2.13. The lowest BCUT2D eigenvalue weighted by Crippen LogP contribution is -2.31. The third-order valence-corrected chi connectivity index (χ3v) is 4.86. The maximum absolute atomic E-state index is 3.60. The molecule has 0 aromatic heterocycles. The van der Waals surface area contributed by atoms with Gasteiger partial charge in [0.25, 0.3) is 0 Å². The molecule has 0 unspecified atom stereocenters. The zero-order chi connectivity index (χ0) is 14.3. The van der Waals surface area contributed by atoms with E-state index in [4.69, 9.17) is 0 Å². The lowest BCUT2D eigenvalue weighted by atomic mass is 9.98. The van der Waals surface area contributed by atoms with Crippen molar-refractivity contribution in [2.45, 2.75) is 38.6 Å². The lowest BCUT2D eigenvalue weighted by molar-refractivity contribution is 0.221. The summed E-state index contributed by atoms with van der Waals surface area (Å²) >= 11 is 0. The van der Waals surface area contributed by atoms with Crippen LogP contribution in [0.15, 0.2) is 24.3 Å². The van der Waals surface area contributed by atoms with E-state index in [1.807, 2.05) is 0 Å². The van der Waals surface area contributed by atoms with Crippen LogP contribution in [0.4, 0.5) is 5.69 Å². The van der Waals surface area contributed by atoms with Crippen molar-refractivity contribution in [2.24, 2.45) is 5.92 Å². The Morgan fingerprint density at radius 3 is 2.43 bits per heavy atom. The molecule has 2 N–H and O–H groups in total. The number of nitrogens with zero attached hydrogens (tertiary/aromatic N) is 1. The minimum absolute atomic E-state index is 0.833. The molecule has 2 aliphatic rings. The van der Waals surface area contributed by atoms with E-state index in [1.54, 1.807) is 0 Å². The average Bonchev–Trinajstić information content (AvgIpc) is 2.56. The Hall–Kier alpha value is -1.06. The van der Waals surface area contributed by atoms with Crippen LogP contribution in [-0.2, 0) is 6.54 Å². The summed E-state index contributed by atoms with van der Waals surface area (Å²) in [6, 6.07) is 9.08. The SMILES string of the molecule is c1cc(NCC2CCNCC2)ccc1CN1CCCCC1. The van der Waals surface area contributed by atoms with E-state index in [0.717, 1.165) is 19.0 Å². The molecule has 2 aliphatic heterocycles. The molecule has 0 atom stereocenters. The molecule has 21 heavy (non-hydrogen) atoms. The molecule has 3 heteroatoms. The second kappa shape index (κ2) is 7.81. The molecule has 0 aliphatic carbocycles. The minimum Gasteiger partial charge on any atom is -0.385 e. The van der Waals surface area contributed by atoms with Gasteiger partial charge in [-0.15, -0.1) is 0 Å². The Kier molecular flexibility index (Phi) is 5.53. The van der Waals surface area contributed by atoms with E-state index in [-0.39, 0.29) is 0 Å². The fourth-order valence-electron chi connectivity index (χ4n) is 3.45. The molecule has 3 rings (SSSR count). The van der Waals surface area contributed by atoms with Crippen molar-refractivity contribution < 1.29 is 0 Å². The smallest absolute Gasteiger partial charge is 0.0340 e. The summed E-state index contributed by atoms with van der Waals surface area (Å²) < 4.78 is 0. The molecule has 2 saturated heterocycles. The van der Waals surface area contributed by atoms with Gasteiger partial charge in [0.05, 0.1) is 0 Å². The number of rotatable bonds is 5. The number of nitrogens with one attached hydrogen (secondary N) is 2. The van der Waals surface area contributed by atoms with E-state index in [1.165, 1.54) is 69.5 Å². The predicted molar refractivity (Wildman–Crippen MR) is 89.7 cm³/mol. The van der Waals surface area contributed by atoms with Crippen LogP contribution >= 0.6 is 0 Å². The molecule has 116 valence electrons. The Balaban J connectivity index is 1.44. The van der Waals surface area contributed by atoms with Gasteiger partial charge in [-0.2, -0.15) is 0 Å². The van der Waals surface area contributed by atoms with Gasteiger partial charge >= 0.3 is 0 Å². The second-order valence-electron chi connectivity index (χ2n) is 6.61. The highest BCUT2D eigenvalue weighted by molar-refractivity contribution is 5.44. The summed E-state index contributed by atoms with van der Waals surface area (Å²) in [7, 11) is 0. The van der Waals surface area contributed by atoms with Crippen molar-refractivity contribution >= 4 is 5.69 Å². The molecule has 0 radical (unpaired) electrons. The van der Waals surface area contributed by atoms with Gasteiger partial charge in [-0.3, -0.25) is 4.90 Å². The first-order chi connectivity index (χ1) is 10.4. The summed E-state index contributed by atoms with van der Waals surface area (Å²) in [5.74, 6) is 0.833. The standard InChI is InChI=1S/C18H29N3/c1-2-12-21(13-3-1)15-17-4-6-18(7-5-17)20-14-16-8-10-19-11-9-16/h4-7,16,19-20H,1-3,8-15H2. The third kappa shape index (κ3) is 4.72. The topological polar surface area (TPSA) is 27.3 Å². The number of piperidine rings is 2. The Morgan fingerprint density at radius 2 is 1.71 bits per heavy atom. The Bertz CT molecular complexity index is 403. The van der Waals surface area contributed by atoms with Crippen molar-refractivity contribution in [3.63, 3.8) is 0 Å². The third-order valence-electron chi connectivity index (χ3n) is 4.86. The summed E-state index contributed by atoms with van der Waals surface area (Å²) in [6.07, 6.45) is 6.77. The van der Waals surface area contributed by atoms with Crippen LogP contribution in [0.5, 0.6) is 0 Å². The van der Waals surface area contributed by atoms with Crippen LogP contribution in [0.3, 0.4) is 0 Å². The molecule has 1 aromatic rings. The Morgan fingerprint density at radius 1 is 1.00 bits per heavy atom. The second-order valence-corrected chi connectivity index (χ2v) is 6.61. The van der Waals surface area contributed by atoms with Crippen molar-refractivity contribution in [2.75, 3.05) is 38.0 Å². The monoisotopic (exact) mass is 287 g/mol. The highest BCUT2D eigenvalue weighted by atomic mass is 15.1. The zero-order valence-electron chi connectivity index (χ0n) is 13.1. The van der Waals surface area contributed by atoms with Crippen LogP contribution < -0.4 is 10.6 Å². The van der Waals surface area contributed by atoms with Crippen LogP contribution in [0.1, 0.15) is 37.7 Å². The van der Waals surface area contributed by atoms with Gasteiger partial charge in [0.1, 0.15) is 0 Å². The van der Waals surface area contributed by atoms with Crippen LogP contribution in [-0.4, -0.2) is 37.6 Å². The van der Waals surface area contributed by atoms with E-state index in [2.05, 4.69) is 39.8 Å². The van der Waals surface area contributed by atoms with Crippen LogP contribution in [0, 0.1) is 5.92 Å². The van der Waals surface area contributed by atoms with Gasteiger partial charge < -0.3 is 10.6 Å². The van der Waals surface area contributed by atoms with E-state index in [0.29, 0.717) is 0 Å². The summed E-state index contributed by atoms with van der Waals surface area (Å²) in [4.78, 5) is 2.58. The molecular weight excluding hydrogens is 258 g/mol. The van der Waals surface area contributed by atoms with Crippen LogP contribution in [0.2, 0.25) is 0 Å². The average molecular weight is 287 g/mol. The first kappa shape index (κ1) is 14.9. The van der Waals surface area contributed by atoms with Gasteiger partial charge in [0, 0.05) is 18.8 Å². The molecule has 1 aromatic carbocycles. The van der Waals surface area contributed by atoms with Crippen molar-refractivity contribution in [1.82, 2.24) is 10.2 Å². The number of benzene rings is 1. The predicted octanol–water partition coefficient (Wildman–Crippen LogP) is 3.08. The van der Waals surface area contributed by atoms with Gasteiger partial charge in [0.2, 0.25) is 0 Å². The van der Waals surface area contributed by atoms with Crippen LogP contribution in [0.25, 0.3) is 0 Å². The number of hydrogen-bond donors (Lipinski definition) is 2. The summed E-state index contributed by atoms with van der Waals surface area (Å²) in [6.45, 7) is 7.15. The van der Waals surface area contributed by atoms with Gasteiger partial charge in [-0.1, -0.05) is 18.6 Å². The number of anilines is 1. The van der Waals surface area contributed by atoms with Crippen molar-refractivity contribution in [3.05, 3.63) is 29.8 Å². The molecule has 0 bridgehead atoms. The molecule has 3 nitrogen and oxygen atoms in total. The normalized spacial score (nSPS) is 21.3. The zero-order valence-corrected chi connectivity index (χ0v) is 13.1. The van der Waals surface area contributed by atoms with E-state index in [9.17, 15) is 0 Å². The summed E-state index contributed by atoms with van der Waals surface area (Å²) in [5.41, 5.74) is 2.72. The van der Waals surface area contributed by atoms with Gasteiger partial charge in [-0.25, -0.2) is 0 Å². The molecular formula is C18H29N3. The van der Waals surface area contributed by atoms with Gasteiger partial charge in [0.15, 0.2) is 0 Å². The first-order valence-electron chi connectivity index (χ1n) is 8.66. The molecule has 0 amide bonds. The minimum atomic E-state index is 0.833. The van der Waals surface area contributed by atoms with Crippen molar-refractivity contribution in [3.8, 4) is 0 Å². The van der Waals surface area contributed by atoms with E-state index < -0.39 is 0 Å². The molecule has 0 spiro atoms. The Labute approximate surface area is 129 Å². The quantitative estimate of drug-likeness (QED) is 0.871. The maximum atomic E-state index is 3.60. The fraction of sp³-hybridized carbons (Fsp3) is 0.667. The first-order valence-corrected chi connectivity index (χ1v) is 8.66. The number of likely N-dealkylation sites (tertiary alicyclic amines) is 1. The molecule has 2 fully saturated rings. The number of hydrogen-bond acceptors (Lipinski definition) is 3. The highest BCUT2D eigenvalue weighted by Crippen LogP contribution is 2.17. The molecule has 2 heterocycles. The lowest BCUT2D eigenvalue weighted by Gasteiger charge is -2.26. The maximum Gasteiger partial charge on any atom is 0.0340 e. The van der Waals surface area contributed by atoms with Crippen molar-refractivity contribution in [1.29, 1.82) is 0 Å².